The second-order valence-corrected chi connectivity index (χ2v) is 14.0. The van der Waals surface area contributed by atoms with Crippen LogP contribution in [0, 0.1) is 13.8 Å². The maximum Gasteiger partial charge on any atom is 0.330 e. The van der Waals surface area contributed by atoms with Crippen molar-refractivity contribution in [1.82, 2.24) is 29.7 Å². The van der Waals surface area contributed by atoms with Crippen LogP contribution in [0.2, 0.25) is 0 Å². The van der Waals surface area contributed by atoms with E-state index in [4.69, 9.17) is 10.3 Å². The van der Waals surface area contributed by atoms with Crippen molar-refractivity contribution in [2.45, 2.75) is 113 Å². The van der Waals surface area contributed by atoms with Crippen molar-refractivity contribution < 1.29 is 19.4 Å². The van der Waals surface area contributed by atoms with E-state index in [1.54, 1.807) is 4.57 Å². The highest BCUT2D eigenvalue weighted by atomic mass is 32.2. The van der Waals surface area contributed by atoms with Gasteiger partial charge in [0.15, 0.2) is 0 Å². The van der Waals surface area contributed by atoms with Gasteiger partial charge in [-0.25, -0.2) is 9.59 Å². The third-order valence-corrected chi connectivity index (χ3v) is 9.98. The van der Waals surface area contributed by atoms with Crippen molar-refractivity contribution in [3.05, 3.63) is 98.8 Å². The predicted octanol–water partition coefficient (Wildman–Crippen LogP) is 2.49. The standard InChI is InChI=1S/C35H47N9O8S/c1-4-25-32(49)40-34(50)43(33(25)53-24-16-21(2)15-22(3)17-24)14-8-5-9-28(46)37-12-6-7-13-38-29(47)11-10-23-19-44(35(51)39-31(23)48)30-18-26(41-42-36)27(20-45)52-30/h15-17,19,26-27,30,45H,4-14,18,20H2,1-3H3,(H,37,46)(H,38,47)(H,39,48,51)(H,40,49,50)/t26-,27+,30+/m0/s1. The first kappa shape index (κ1) is 40.9. The van der Waals surface area contributed by atoms with Crippen LogP contribution in [-0.4, -0.2) is 67.9 Å². The summed E-state index contributed by atoms with van der Waals surface area (Å²) in [5.74, 6) is -0.396. The average molecular weight is 754 g/mol. The van der Waals surface area contributed by atoms with E-state index >= 15 is 0 Å². The summed E-state index contributed by atoms with van der Waals surface area (Å²) in [5, 5.41) is 19.4. The highest BCUT2D eigenvalue weighted by Gasteiger charge is 2.36. The van der Waals surface area contributed by atoms with E-state index in [2.05, 4.69) is 36.7 Å². The normalized spacial score (nSPS) is 16.6. The van der Waals surface area contributed by atoms with E-state index in [0.717, 1.165) is 20.6 Å². The highest BCUT2D eigenvalue weighted by Crippen LogP contribution is 2.31. The Balaban J connectivity index is 1.15. The van der Waals surface area contributed by atoms with Gasteiger partial charge in [0.2, 0.25) is 11.8 Å². The second kappa shape index (κ2) is 19.8. The molecule has 0 radical (unpaired) electrons. The van der Waals surface area contributed by atoms with Gasteiger partial charge in [-0.05, 0) is 81.2 Å². The van der Waals surface area contributed by atoms with Crippen LogP contribution in [0.4, 0.5) is 0 Å². The number of carbonyl (C=O) groups is 2. The molecule has 0 saturated carbocycles. The zero-order valence-electron chi connectivity index (χ0n) is 30.2. The third kappa shape index (κ3) is 11.5. The number of unbranched alkanes of at least 4 members (excludes halogenated alkanes) is 2. The van der Waals surface area contributed by atoms with E-state index in [9.17, 15) is 33.9 Å². The number of nitrogens with zero attached hydrogens (tertiary/aromatic N) is 5. The van der Waals surface area contributed by atoms with Gasteiger partial charge in [-0.15, -0.1) is 0 Å². The molecule has 1 aliphatic heterocycles. The maximum absolute atomic E-state index is 12.8. The fourth-order valence-corrected chi connectivity index (χ4v) is 7.53. The minimum atomic E-state index is -0.853. The van der Waals surface area contributed by atoms with Crippen LogP contribution in [0.25, 0.3) is 10.4 Å². The summed E-state index contributed by atoms with van der Waals surface area (Å²) in [4.78, 5) is 83.4. The molecule has 1 saturated heterocycles. The maximum atomic E-state index is 12.8. The van der Waals surface area contributed by atoms with Crippen LogP contribution in [-0.2, 0) is 33.7 Å². The van der Waals surface area contributed by atoms with Crippen LogP contribution in [0.3, 0.4) is 0 Å². The van der Waals surface area contributed by atoms with E-state index in [1.807, 2.05) is 32.9 Å². The van der Waals surface area contributed by atoms with Crippen LogP contribution in [0.5, 0.6) is 0 Å². The van der Waals surface area contributed by atoms with Crippen LogP contribution >= 0.6 is 11.8 Å². The Kier molecular flexibility index (Phi) is 15.3. The van der Waals surface area contributed by atoms with Gasteiger partial charge in [0.25, 0.3) is 11.1 Å². The summed E-state index contributed by atoms with van der Waals surface area (Å²) in [6.45, 7) is 6.65. The number of rotatable bonds is 19. The van der Waals surface area contributed by atoms with Gasteiger partial charge in [-0.3, -0.25) is 38.3 Å². The molecule has 0 aliphatic carbocycles. The SMILES string of the molecule is CCc1c(Sc2cc(C)cc(C)c2)n(CCCCC(=O)NCCCCNC(=O)CCc2cn([C@H]3C[C@H](N=[N+]=[N-])[C@@H](CO)O3)c(=O)[nH]c2=O)c(=O)[nH]c1=O. The molecule has 3 aromatic rings. The number of ether oxygens (including phenoxy) is 1. The zero-order chi connectivity index (χ0) is 38.5. The number of benzene rings is 1. The molecule has 1 aromatic carbocycles. The molecule has 0 unspecified atom stereocenters. The number of aromatic nitrogens is 4. The molecule has 0 bridgehead atoms. The lowest BCUT2D eigenvalue weighted by molar-refractivity contribution is -0.122. The number of nitrogens with one attached hydrogen (secondary N) is 4. The molecule has 2 aromatic heterocycles. The molecule has 3 heterocycles. The molecule has 53 heavy (non-hydrogen) atoms. The van der Waals surface area contributed by atoms with Crippen molar-refractivity contribution in [3.63, 3.8) is 0 Å². The lowest BCUT2D eigenvalue weighted by Crippen LogP contribution is -2.35. The number of H-pyrrole nitrogens is 2. The Labute approximate surface area is 309 Å². The monoisotopic (exact) mass is 753 g/mol. The molecule has 286 valence electrons. The van der Waals surface area contributed by atoms with Crippen LogP contribution < -0.4 is 33.1 Å². The largest absolute Gasteiger partial charge is 0.394 e. The zero-order valence-corrected chi connectivity index (χ0v) is 31.0. The summed E-state index contributed by atoms with van der Waals surface area (Å²) in [6.07, 6.45) is 3.01. The molecule has 5 N–H and O–H groups in total. The molecule has 2 amide bonds. The summed E-state index contributed by atoms with van der Waals surface area (Å²) in [7, 11) is 0. The molecular formula is C35H47N9O8S. The highest BCUT2D eigenvalue weighted by molar-refractivity contribution is 7.99. The lowest BCUT2D eigenvalue weighted by Gasteiger charge is -2.16. The number of hydrogen-bond donors (Lipinski definition) is 5. The fraction of sp³-hybridized carbons (Fsp3) is 0.543. The Hall–Kier alpha value is -4.90. The summed E-state index contributed by atoms with van der Waals surface area (Å²) in [5.41, 5.74) is 9.50. The Bertz CT molecular complexity index is 2030. The molecule has 0 spiro atoms. The average Bonchev–Trinajstić information content (AvgIpc) is 3.51. The molecule has 17 nitrogen and oxygen atoms in total. The first-order chi connectivity index (χ1) is 25.4. The predicted molar refractivity (Wildman–Crippen MR) is 198 cm³/mol. The lowest BCUT2D eigenvalue weighted by atomic mass is 10.1. The van der Waals surface area contributed by atoms with Gasteiger partial charge < -0.3 is 20.5 Å². The van der Waals surface area contributed by atoms with Crippen molar-refractivity contribution >= 4 is 23.6 Å². The topological polar surface area (TPSA) is 246 Å². The molecule has 4 rings (SSSR count). The van der Waals surface area contributed by atoms with Crippen molar-refractivity contribution in [2.75, 3.05) is 19.7 Å². The molecular weight excluding hydrogens is 707 g/mol. The van der Waals surface area contributed by atoms with Crippen LogP contribution in [0.1, 0.15) is 80.4 Å². The first-order valence-corrected chi connectivity index (χ1v) is 18.6. The summed E-state index contributed by atoms with van der Waals surface area (Å²) >= 11 is 1.41. The summed E-state index contributed by atoms with van der Waals surface area (Å²) < 4.78 is 8.40. The van der Waals surface area contributed by atoms with Crippen molar-refractivity contribution in [2.24, 2.45) is 5.11 Å². The van der Waals surface area contributed by atoms with E-state index < -0.39 is 41.9 Å². The molecule has 3 atom stereocenters. The Morgan fingerprint density at radius 2 is 1.64 bits per heavy atom. The number of aromatic amines is 2. The summed E-state index contributed by atoms with van der Waals surface area (Å²) in [6, 6.07) is 5.44. The first-order valence-electron chi connectivity index (χ1n) is 17.7. The van der Waals surface area contributed by atoms with Gasteiger partial charge in [0.1, 0.15) is 6.23 Å². The number of amides is 2. The van der Waals surface area contributed by atoms with E-state index in [-0.39, 0.29) is 48.6 Å². The molecule has 1 aliphatic rings. The number of aryl methyl sites for hydroxylation is 3. The van der Waals surface area contributed by atoms with Gasteiger partial charge in [-0.1, -0.05) is 29.9 Å². The number of aliphatic hydroxyl groups is 1. The van der Waals surface area contributed by atoms with Crippen LogP contribution in [0.15, 0.2) is 58.6 Å². The van der Waals surface area contributed by atoms with Crippen molar-refractivity contribution in [3.8, 4) is 0 Å². The van der Waals surface area contributed by atoms with Gasteiger partial charge in [0, 0.05) is 66.0 Å². The van der Waals surface area contributed by atoms with Gasteiger partial charge >= 0.3 is 11.4 Å². The Morgan fingerprint density at radius 3 is 2.28 bits per heavy atom. The van der Waals surface area contributed by atoms with E-state index in [0.29, 0.717) is 62.3 Å². The van der Waals surface area contributed by atoms with Gasteiger partial charge in [-0.2, -0.15) is 0 Å². The van der Waals surface area contributed by atoms with Crippen molar-refractivity contribution in [1.29, 1.82) is 0 Å². The number of hydrogen-bond acceptors (Lipinski definition) is 10. The number of carbonyl (C=O) groups excluding carboxylic acids is 2. The fourth-order valence-electron chi connectivity index (χ4n) is 6.17. The number of aliphatic hydroxyl groups excluding tert-OH is 1. The quantitative estimate of drug-likeness (QED) is 0.0396. The molecule has 1 fully saturated rings. The third-order valence-electron chi connectivity index (χ3n) is 8.85. The second-order valence-electron chi connectivity index (χ2n) is 13.0. The minimum Gasteiger partial charge on any atom is -0.394 e. The van der Waals surface area contributed by atoms with E-state index in [1.165, 1.54) is 18.0 Å². The Morgan fingerprint density at radius 1 is 0.981 bits per heavy atom. The van der Waals surface area contributed by atoms with Gasteiger partial charge in [0.05, 0.1) is 23.8 Å². The smallest absolute Gasteiger partial charge is 0.330 e. The number of azide groups is 1. The minimum absolute atomic E-state index is 0.000874. The molecule has 18 heteroatoms.